The fourth-order valence-electron chi connectivity index (χ4n) is 2.38. The monoisotopic (exact) mass is 405 g/mol. The van der Waals surface area contributed by atoms with E-state index in [1.807, 2.05) is 41.1 Å². The van der Waals surface area contributed by atoms with E-state index in [2.05, 4.69) is 9.97 Å². The number of benzene rings is 1. The normalized spacial score (nSPS) is 11.3. The molecule has 3 heterocycles. The minimum atomic E-state index is -0.0104. The van der Waals surface area contributed by atoms with Crippen LogP contribution in [-0.2, 0) is 12.8 Å². The van der Waals surface area contributed by atoms with Crippen molar-refractivity contribution in [2.45, 2.75) is 10.9 Å². The molecule has 0 N–H and O–H groups in total. The molecular weight excluding hydrogens is 394 g/mol. The van der Waals surface area contributed by atoms with Crippen molar-refractivity contribution in [3.05, 3.63) is 62.2 Å². The molecule has 0 fully saturated rings. The van der Waals surface area contributed by atoms with Crippen molar-refractivity contribution in [1.29, 1.82) is 0 Å². The number of aromatic nitrogens is 3. The molecule has 0 aliphatic carbocycles. The molecule has 4 aromatic rings. The molecule has 0 bridgehead atoms. The Kier molecular flexibility index (Phi) is 4.64. The lowest BCUT2D eigenvalue weighted by atomic mass is 10.2. The van der Waals surface area contributed by atoms with Gasteiger partial charge in [-0.3, -0.25) is 9.36 Å². The molecule has 0 aliphatic rings. The van der Waals surface area contributed by atoms with E-state index in [-0.39, 0.29) is 5.56 Å². The van der Waals surface area contributed by atoms with E-state index in [1.54, 1.807) is 23.0 Å². The fraction of sp³-hybridized carbons (Fsp3) is 0.118. The molecule has 0 amide bonds. The van der Waals surface area contributed by atoms with Gasteiger partial charge in [0.2, 0.25) is 0 Å². The lowest BCUT2D eigenvalue weighted by Gasteiger charge is -2.05. The summed E-state index contributed by atoms with van der Waals surface area (Å²) in [5.74, 6) is 0.651. The molecule has 4 rings (SSSR count). The number of nitrogens with zero attached hydrogens (tertiary/aromatic N) is 3. The van der Waals surface area contributed by atoms with Crippen LogP contribution in [-0.4, -0.2) is 14.5 Å². The molecule has 0 saturated carbocycles. The summed E-state index contributed by atoms with van der Waals surface area (Å²) < 4.78 is 1.60. The van der Waals surface area contributed by atoms with Gasteiger partial charge in [0.1, 0.15) is 9.84 Å². The van der Waals surface area contributed by atoms with Gasteiger partial charge in [0.05, 0.1) is 16.1 Å². The minimum Gasteiger partial charge on any atom is -0.290 e. The highest BCUT2D eigenvalue weighted by molar-refractivity contribution is 7.98. The predicted molar refractivity (Wildman–Crippen MR) is 107 cm³/mol. The Labute approximate surface area is 161 Å². The Morgan fingerprint density at radius 1 is 1.20 bits per heavy atom. The molecule has 8 heteroatoms. The van der Waals surface area contributed by atoms with Crippen molar-refractivity contribution < 1.29 is 0 Å². The third-order valence-electron chi connectivity index (χ3n) is 3.67. The van der Waals surface area contributed by atoms with Gasteiger partial charge in [0.25, 0.3) is 5.56 Å². The molecule has 1 aromatic carbocycles. The lowest BCUT2D eigenvalue weighted by Crippen LogP contribution is -2.19. The number of thioether (sulfide) groups is 1. The van der Waals surface area contributed by atoms with Gasteiger partial charge in [-0.25, -0.2) is 9.97 Å². The molecule has 0 unspecified atom stereocenters. The van der Waals surface area contributed by atoms with E-state index in [0.717, 1.165) is 21.1 Å². The third-order valence-corrected chi connectivity index (χ3v) is 6.79. The van der Waals surface area contributed by atoms with Gasteiger partial charge in [-0.15, -0.1) is 22.7 Å². The van der Waals surface area contributed by atoms with Crippen LogP contribution in [0, 0.1) is 0 Å². The molecule has 4 nitrogen and oxygen atoms in total. The maximum Gasteiger partial charge on any atom is 0.262 e. The van der Waals surface area contributed by atoms with Crippen LogP contribution in [0.25, 0.3) is 20.8 Å². The largest absolute Gasteiger partial charge is 0.290 e. The number of rotatable bonds is 4. The zero-order valence-corrected chi connectivity index (χ0v) is 16.3. The van der Waals surface area contributed by atoms with Gasteiger partial charge in [0.15, 0.2) is 5.16 Å². The Balaban J connectivity index is 1.58. The van der Waals surface area contributed by atoms with Gasteiger partial charge in [-0.2, -0.15) is 0 Å². The van der Waals surface area contributed by atoms with Crippen LogP contribution in [0.5, 0.6) is 0 Å². The number of thiazole rings is 1. The van der Waals surface area contributed by atoms with Crippen LogP contribution < -0.4 is 5.56 Å². The highest BCUT2D eigenvalue weighted by atomic mass is 35.5. The Bertz CT molecular complexity index is 1120. The second-order valence-electron chi connectivity index (χ2n) is 5.31. The summed E-state index contributed by atoms with van der Waals surface area (Å²) in [6.07, 6.45) is 0. The summed E-state index contributed by atoms with van der Waals surface area (Å²) in [6.45, 7) is 0. The molecule has 126 valence electrons. The maximum atomic E-state index is 12.3. The van der Waals surface area contributed by atoms with Crippen LogP contribution >= 0.6 is 46.0 Å². The van der Waals surface area contributed by atoms with E-state index >= 15 is 0 Å². The first-order valence-electron chi connectivity index (χ1n) is 7.40. The topological polar surface area (TPSA) is 47.8 Å². The van der Waals surface area contributed by atoms with Crippen LogP contribution in [0.2, 0.25) is 5.02 Å². The summed E-state index contributed by atoms with van der Waals surface area (Å²) >= 11 is 10.8. The summed E-state index contributed by atoms with van der Waals surface area (Å²) in [5, 5.41) is 6.89. The van der Waals surface area contributed by atoms with E-state index in [1.165, 1.54) is 23.1 Å². The maximum absolute atomic E-state index is 12.3. The number of hydrogen-bond donors (Lipinski definition) is 0. The molecule has 3 aromatic heterocycles. The van der Waals surface area contributed by atoms with Crippen molar-refractivity contribution in [3.8, 4) is 10.6 Å². The molecular formula is C17H12ClN3OS3. The summed E-state index contributed by atoms with van der Waals surface area (Å²) in [4.78, 5) is 22.4. The SMILES string of the molecule is Cn1c(SCc2csc(-c3ccccc3Cl)n2)nc2sccc2c1=O. The molecule has 0 saturated heterocycles. The van der Waals surface area contributed by atoms with Crippen molar-refractivity contribution in [2.24, 2.45) is 7.05 Å². The fourth-order valence-corrected chi connectivity index (χ4v) is 5.29. The van der Waals surface area contributed by atoms with E-state index in [4.69, 9.17) is 11.6 Å². The smallest absolute Gasteiger partial charge is 0.262 e. The summed E-state index contributed by atoms with van der Waals surface area (Å²) in [7, 11) is 1.75. The number of fused-ring (bicyclic) bond motifs is 1. The van der Waals surface area contributed by atoms with Gasteiger partial charge in [-0.05, 0) is 17.5 Å². The number of thiophene rings is 1. The quantitative estimate of drug-likeness (QED) is 0.351. The Hall–Kier alpha value is -1.67. The van der Waals surface area contributed by atoms with Gasteiger partial charge in [-0.1, -0.05) is 41.6 Å². The van der Waals surface area contributed by atoms with E-state index in [9.17, 15) is 4.79 Å². The zero-order chi connectivity index (χ0) is 17.4. The lowest BCUT2D eigenvalue weighted by molar-refractivity contribution is 0.728. The van der Waals surface area contributed by atoms with E-state index in [0.29, 0.717) is 21.3 Å². The summed E-state index contributed by atoms with van der Waals surface area (Å²) in [5.41, 5.74) is 1.88. The minimum absolute atomic E-state index is 0.0104. The van der Waals surface area contributed by atoms with Crippen LogP contribution in [0.3, 0.4) is 0 Å². The van der Waals surface area contributed by atoms with Crippen LogP contribution in [0.4, 0.5) is 0 Å². The second-order valence-corrected chi connectivity index (χ2v) is 8.41. The Morgan fingerprint density at radius 2 is 2.04 bits per heavy atom. The van der Waals surface area contributed by atoms with E-state index < -0.39 is 0 Å². The van der Waals surface area contributed by atoms with Gasteiger partial charge in [0, 0.05) is 23.7 Å². The number of halogens is 1. The van der Waals surface area contributed by atoms with Crippen molar-refractivity contribution in [1.82, 2.24) is 14.5 Å². The van der Waals surface area contributed by atoms with Crippen molar-refractivity contribution in [2.75, 3.05) is 0 Å². The molecule has 0 radical (unpaired) electrons. The standard InChI is InChI=1S/C17H12ClN3OS3/c1-21-16(22)12-6-7-23-15(12)20-17(21)25-9-10-8-24-14(19-10)11-4-2-3-5-13(11)18/h2-8H,9H2,1H3. The van der Waals surface area contributed by atoms with Crippen molar-refractivity contribution >= 4 is 56.3 Å². The average molecular weight is 406 g/mol. The molecule has 25 heavy (non-hydrogen) atoms. The average Bonchev–Trinajstić information content (AvgIpc) is 3.26. The van der Waals surface area contributed by atoms with Gasteiger partial charge >= 0.3 is 0 Å². The highest BCUT2D eigenvalue weighted by Crippen LogP contribution is 2.31. The number of hydrogen-bond acceptors (Lipinski definition) is 6. The zero-order valence-electron chi connectivity index (χ0n) is 13.1. The highest BCUT2D eigenvalue weighted by Gasteiger charge is 2.12. The summed E-state index contributed by atoms with van der Waals surface area (Å²) in [6, 6.07) is 9.51. The molecule has 0 spiro atoms. The third kappa shape index (κ3) is 3.25. The second kappa shape index (κ2) is 6.92. The van der Waals surface area contributed by atoms with Crippen LogP contribution in [0.1, 0.15) is 5.69 Å². The first-order chi connectivity index (χ1) is 12.1. The first-order valence-corrected chi connectivity index (χ1v) is 10.5. The van der Waals surface area contributed by atoms with Crippen LogP contribution in [0.15, 0.2) is 51.0 Å². The van der Waals surface area contributed by atoms with Crippen molar-refractivity contribution in [3.63, 3.8) is 0 Å². The molecule has 0 aliphatic heterocycles. The van der Waals surface area contributed by atoms with Gasteiger partial charge < -0.3 is 0 Å². The molecule has 0 atom stereocenters. The Morgan fingerprint density at radius 3 is 2.88 bits per heavy atom. The predicted octanol–water partition coefficient (Wildman–Crippen LogP) is 5.06. The first kappa shape index (κ1) is 16.8.